The van der Waals surface area contributed by atoms with Gasteiger partial charge in [-0.25, -0.2) is 4.79 Å². The topological polar surface area (TPSA) is 111 Å². The van der Waals surface area contributed by atoms with Crippen LogP contribution in [0.15, 0.2) is 22.9 Å². The molecule has 94 valence electrons. The van der Waals surface area contributed by atoms with Gasteiger partial charge in [0.1, 0.15) is 18.6 Å². The summed E-state index contributed by atoms with van der Waals surface area (Å²) in [5.74, 6) is -0.947. The molecule has 0 fully saturated rings. The number of hydrogen-bond acceptors (Lipinski definition) is 5. The van der Waals surface area contributed by atoms with Gasteiger partial charge in [-0.3, -0.25) is 0 Å². The van der Waals surface area contributed by atoms with Gasteiger partial charge in [0, 0.05) is 0 Å². The fourth-order valence-electron chi connectivity index (χ4n) is 1.51. The second-order valence-electron chi connectivity index (χ2n) is 3.70. The lowest BCUT2D eigenvalue weighted by Crippen LogP contribution is -2.00. The van der Waals surface area contributed by atoms with E-state index in [0.29, 0.717) is 11.3 Å². The van der Waals surface area contributed by atoms with Crippen molar-refractivity contribution in [2.75, 3.05) is 0 Å². The zero-order valence-electron chi connectivity index (χ0n) is 9.36. The summed E-state index contributed by atoms with van der Waals surface area (Å²) in [5.41, 5.74) is 0.466. The van der Waals surface area contributed by atoms with Crippen molar-refractivity contribution in [2.24, 2.45) is 0 Å². The lowest BCUT2D eigenvalue weighted by atomic mass is 10.3. The van der Waals surface area contributed by atoms with Gasteiger partial charge in [-0.15, -0.1) is 0 Å². The fourth-order valence-corrected chi connectivity index (χ4v) is 1.51. The Kier molecular flexibility index (Phi) is 2.84. The molecule has 0 aliphatic carbocycles. The molecule has 8 nitrogen and oxygen atoms in total. The summed E-state index contributed by atoms with van der Waals surface area (Å²) in [6.45, 7) is 1.72. The zero-order valence-corrected chi connectivity index (χ0v) is 9.36. The molecule has 2 aromatic heterocycles. The van der Waals surface area contributed by atoms with Gasteiger partial charge in [0.2, 0.25) is 0 Å². The predicted octanol–water partition coefficient (Wildman–Crippen LogP) is 1.44. The Morgan fingerprint density at radius 3 is 2.89 bits per heavy atom. The fraction of sp³-hybridized carbons (Fsp3) is 0.200. The van der Waals surface area contributed by atoms with Crippen molar-refractivity contribution >= 4 is 11.8 Å². The normalized spacial score (nSPS) is 10.5. The summed E-state index contributed by atoms with van der Waals surface area (Å²) < 4.78 is 6.36. The highest BCUT2D eigenvalue weighted by molar-refractivity contribution is 5.87. The van der Waals surface area contributed by atoms with Crippen LogP contribution in [0.3, 0.4) is 0 Å². The van der Waals surface area contributed by atoms with E-state index in [0.717, 1.165) is 6.26 Å². The average Bonchev–Trinajstić information content (AvgIpc) is 2.86. The molecule has 0 aromatic carbocycles. The van der Waals surface area contributed by atoms with E-state index in [1.54, 1.807) is 6.92 Å². The van der Waals surface area contributed by atoms with Crippen molar-refractivity contribution in [1.82, 2.24) is 9.78 Å². The summed E-state index contributed by atoms with van der Waals surface area (Å²) in [5, 5.41) is 23.1. The lowest BCUT2D eigenvalue weighted by Gasteiger charge is -1.91. The lowest BCUT2D eigenvalue weighted by molar-refractivity contribution is -0.390. The van der Waals surface area contributed by atoms with E-state index >= 15 is 0 Å². The Morgan fingerprint density at radius 2 is 2.39 bits per heavy atom. The highest BCUT2D eigenvalue weighted by atomic mass is 16.6. The maximum atomic E-state index is 10.6. The Labute approximate surface area is 101 Å². The van der Waals surface area contributed by atoms with Crippen LogP contribution in [0.1, 0.15) is 21.7 Å². The molecule has 0 bridgehead atoms. The van der Waals surface area contributed by atoms with E-state index < -0.39 is 10.9 Å². The van der Waals surface area contributed by atoms with Crippen LogP contribution in [0.2, 0.25) is 0 Å². The van der Waals surface area contributed by atoms with Crippen LogP contribution in [-0.4, -0.2) is 25.8 Å². The monoisotopic (exact) mass is 251 g/mol. The van der Waals surface area contributed by atoms with Crippen molar-refractivity contribution in [3.8, 4) is 0 Å². The van der Waals surface area contributed by atoms with E-state index in [1.807, 2.05) is 0 Å². The summed E-state index contributed by atoms with van der Waals surface area (Å²) in [7, 11) is 0. The van der Waals surface area contributed by atoms with Crippen LogP contribution in [-0.2, 0) is 6.54 Å². The highest BCUT2D eigenvalue weighted by Gasteiger charge is 2.18. The van der Waals surface area contributed by atoms with Crippen LogP contribution in [0.5, 0.6) is 0 Å². The van der Waals surface area contributed by atoms with Gasteiger partial charge in [0.15, 0.2) is 0 Å². The molecular weight excluding hydrogens is 242 g/mol. The second kappa shape index (κ2) is 4.32. The number of aromatic nitrogens is 2. The summed E-state index contributed by atoms with van der Waals surface area (Å²) in [4.78, 5) is 20.7. The molecule has 8 heteroatoms. The molecule has 0 radical (unpaired) electrons. The number of aryl methyl sites for hydroxylation is 1. The number of furan rings is 1. The van der Waals surface area contributed by atoms with Gasteiger partial charge in [-0.1, -0.05) is 0 Å². The quantitative estimate of drug-likeness (QED) is 0.650. The Bertz CT molecular complexity index is 613. The third-order valence-electron chi connectivity index (χ3n) is 2.31. The molecule has 2 heterocycles. The molecule has 2 rings (SSSR count). The molecule has 2 aromatic rings. The van der Waals surface area contributed by atoms with Crippen LogP contribution in [0.25, 0.3) is 0 Å². The number of aromatic carboxylic acids is 1. The number of rotatable bonds is 4. The van der Waals surface area contributed by atoms with Crippen LogP contribution >= 0.6 is 0 Å². The second-order valence-corrected chi connectivity index (χ2v) is 3.70. The van der Waals surface area contributed by atoms with Gasteiger partial charge in [-0.2, -0.15) is 4.68 Å². The van der Waals surface area contributed by atoms with Crippen molar-refractivity contribution in [3.63, 3.8) is 0 Å². The summed E-state index contributed by atoms with van der Waals surface area (Å²) >= 11 is 0. The average molecular weight is 251 g/mol. The van der Waals surface area contributed by atoms with E-state index in [9.17, 15) is 14.9 Å². The summed E-state index contributed by atoms with van der Waals surface area (Å²) in [6.07, 6.45) is 2.61. The van der Waals surface area contributed by atoms with Gasteiger partial charge in [0.25, 0.3) is 0 Å². The molecule has 0 aliphatic heterocycles. The molecule has 1 N–H and O–H groups in total. The van der Waals surface area contributed by atoms with E-state index in [4.69, 9.17) is 9.52 Å². The molecule has 0 aliphatic rings. The van der Waals surface area contributed by atoms with Gasteiger partial charge in [-0.05, 0) is 17.9 Å². The molecule has 0 unspecified atom stereocenters. The third-order valence-corrected chi connectivity index (χ3v) is 2.31. The maximum absolute atomic E-state index is 10.6. The predicted molar refractivity (Wildman–Crippen MR) is 58.4 cm³/mol. The minimum absolute atomic E-state index is 0.0309. The molecular formula is C10H9N3O5. The number of carboxylic acid groups (broad SMARTS) is 1. The Morgan fingerprint density at radius 1 is 1.67 bits per heavy atom. The third kappa shape index (κ3) is 2.21. The number of carbonyl (C=O) groups is 1. The number of hydrogen-bond donors (Lipinski definition) is 1. The first-order valence-corrected chi connectivity index (χ1v) is 4.96. The molecule has 0 amide bonds. The van der Waals surface area contributed by atoms with E-state index in [1.165, 1.54) is 16.9 Å². The Balaban J connectivity index is 2.20. The smallest absolute Gasteiger partial charge is 0.392 e. The standard InChI is InChI=1S/C10H9N3O5/c1-6-3-12(11-9(6)13(16)17)4-8-2-7(5-18-8)10(14)15/h2-3,5H,4H2,1H3,(H,14,15). The first kappa shape index (κ1) is 11.8. The minimum atomic E-state index is -1.09. The largest absolute Gasteiger partial charge is 0.478 e. The number of carboxylic acids is 1. The first-order valence-electron chi connectivity index (χ1n) is 4.96. The number of nitrogens with zero attached hydrogens (tertiary/aromatic N) is 3. The van der Waals surface area contributed by atoms with Gasteiger partial charge in [0.05, 0.1) is 22.4 Å². The van der Waals surface area contributed by atoms with Crippen molar-refractivity contribution < 1.29 is 19.2 Å². The van der Waals surface area contributed by atoms with E-state index in [-0.39, 0.29) is 17.9 Å². The van der Waals surface area contributed by atoms with Gasteiger partial charge < -0.3 is 19.6 Å². The highest BCUT2D eigenvalue weighted by Crippen LogP contribution is 2.16. The van der Waals surface area contributed by atoms with E-state index in [2.05, 4.69) is 5.10 Å². The van der Waals surface area contributed by atoms with Crippen molar-refractivity contribution in [1.29, 1.82) is 0 Å². The molecule has 0 saturated carbocycles. The molecule has 0 atom stereocenters. The number of nitro groups is 1. The molecule has 0 spiro atoms. The van der Waals surface area contributed by atoms with Crippen LogP contribution in [0, 0.1) is 17.0 Å². The van der Waals surface area contributed by atoms with Crippen LogP contribution in [0.4, 0.5) is 5.82 Å². The van der Waals surface area contributed by atoms with Crippen LogP contribution < -0.4 is 0 Å². The summed E-state index contributed by atoms with van der Waals surface area (Å²) in [6, 6.07) is 1.35. The van der Waals surface area contributed by atoms with Gasteiger partial charge >= 0.3 is 11.8 Å². The maximum Gasteiger partial charge on any atom is 0.392 e. The molecule has 18 heavy (non-hydrogen) atoms. The SMILES string of the molecule is Cc1cn(Cc2cc(C(=O)O)co2)nc1[N+](=O)[O-]. The zero-order chi connectivity index (χ0) is 13.3. The Hall–Kier alpha value is -2.64. The first-order chi connectivity index (χ1) is 8.47. The van der Waals surface area contributed by atoms with Crippen molar-refractivity contribution in [2.45, 2.75) is 13.5 Å². The minimum Gasteiger partial charge on any atom is -0.478 e. The molecule has 0 saturated heterocycles. The van der Waals surface area contributed by atoms with Crippen molar-refractivity contribution in [3.05, 3.63) is 45.5 Å².